The van der Waals surface area contributed by atoms with Crippen LogP contribution < -0.4 is 4.90 Å². The second-order valence-corrected chi connectivity index (χ2v) is 6.19. The van der Waals surface area contributed by atoms with Gasteiger partial charge in [-0.15, -0.1) is 0 Å². The maximum atomic E-state index is 11.5. The molecular weight excluding hydrogens is 264 g/mol. The van der Waals surface area contributed by atoms with Gasteiger partial charge in [0.1, 0.15) is 0 Å². The second-order valence-electron chi connectivity index (χ2n) is 6.19. The molecule has 1 aromatic heterocycles. The van der Waals surface area contributed by atoms with Gasteiger partial charge in [-0.1, -0.05) is 18.2 Å². The number of carbonyl (C=O) groups is 1. The van der Waals surface area contributed by atoms with E-state index in [0.29, 0.717) is 6.04 Å². The molecule has 3 atom stereocenters. The molecule has 108 valence electrons. The first-order chi connectivity index (χ1) is 10.1. The summed E-state index contributed by atoms with van der Waals surface area (Å²) in [6.45, 7) is 2.00. The van der Waals surface area contributed by atoms with Gasteiger partial charge in [0.15, 0.2) is 0 Å². The number of benzene rings is 1. The molecule has 21 heavy (non-hydrogen) atoms. The van der Waals surface area contributed by atoms with E-state index in [1.165, 1.54) is 0 Å². The number of aryl methyl sites for hydroxylation is 1. The maximum absolute atomic E-state index is 11.5. The van der Waals surface area contributed by atoms with Gasteiger partial charge in [0.05, 0.1) is 11.4 Å². The largest absolute Gasteiger partial charge is 0.481 e. The first kappa shape index (κ1) is 12.6. The quantitative estimate of drug-likeness (QED) is 0.920. The Morgan fingerprint density at radius 1 is 1.33 bits per heavy atom. The van der Waals surface area contributed by atoms with Crippen LogP contribution in [0.2, 0.25) is 0 Å². The summed E-state index contributed by atoms with van der Waals surface area (Å²) < 4.78 is 0. The van der Waals surface area contributed by atoms with Gasteiger partial charge >= 0.3 is 5.97 Å². The van der Waals surface area contributed by atoms with Crippen LogP contribution >= 0.6 is 0 Å². The van der Waals surface area contributed by atoms with E-state index in [2.05, 4.69) is 22.0 Å². The number of para-hydroxylation sites is 1. The molecule has 4 nitrogen and oxygen atoms in total. The zero-order valence-corrected chi connectivity index (χ0v) is 12.0. The molecule has 0 radical (unpaired) electrons. The number of pyridine rings is 1. The van der Waals surface area contributed by atoms with E-state index in [0.717, 1.165) is 41.5 Å². The van der Waals surface area contributed by atoms with Crippen molar-refractivity contribution in [3.63, 3.8) is 0 Å². The summed E-state index contributed by atoms with van der Waals surface area (Å²) in [5, 5.41) is 10.6. The minimum Gasteiger partial charge on any atom is -0.481 e. The van der Waals surface area contributed by atoms with E-state index in [1.807, 2.05) is 25.1 Å². The third-order valence-electron chi connectivity index (χ3n) is 4.95. The molecule has 4 heteroatoms. The molecule has 2 saturated heterocycles. The third-order valence-corrected chi connectivity index (χ3v) is 4.95. The van der Waals surface area contributed by atoms with Crippen molar-refractivity contribution in [3.8, 4) is 0 Å². The van der Waals surface area contributed by atoms with Crippen molar-refractivity contribution in [2.24, 2.45) is 5.92 Å². The number of nitrogens with zero attached hydrogens (tertiary/aromatic N) is 2. The number of aromatic nitrogens is 1. The van der Waals surface area contributed by atoms with Crippen molar-refractivity contribution in [1.29, 1.82) is 0 Å². The molecule has 4 rings (SSSR count). The summed E-state index contributed by atoms with van der Waals surface area (Å²) in [5.74, 6) is -0.877. The number of carboxylic acid groups (broad SMARTS) is 1. The highest BCUT2D eigenvalue weighted by Crippen LogP contribution is 2.46. The molecule has 3 heterocycles. The van der Waals surface area contributed by atoms with Gasteiger partial charge in [-0.2, -0.15) is 0 Å². The van der Waals surface area contributed by atoms with E-state index in [1.54, 1.807) is 0 Å². The van der Waals surface area contributed by atoms with Crippen LogP contribution in [0.25, 0.3) is 10.9 Å². The number of hydrogen-bond donors (Lipinski definition) is 1. The summed E-state index contributed by atoms with van der Waals surface area (Å²) in [7, 11) is 0. The van der Waals surface area contributed by atoms with Gasteiger partial charge < -0.3 is 10.0 Å². The van der Waals surface area contributed by atoms with Crippen LogP contribution in [0.5, 0.6) is 0 Å². The van der Waals surface area contributed by atoms with E-state index in [9.17, 15) is 9.90 Å². The predicted octanol–water partition coefficient (Wildman–Crippen LogP) is 2.99. The van der Waals surface area contributed by atoms with Crippen LogP contribution in [-0.2, 0) is 4.79 Å². The monoisotopic (exact) mass is 282 g/mol. The van der Waals surface area contributed by atoms with E-state index in [4.69, 9.17) is 0 Å². The van der Waals surface area contributed by atoms with Gasteiger partial charge in [-0.3, -0.25) is 9.78 Å². The van der Waals surface area contributed by atoms with Crippen molar-refractivity contribution in [3.05, 3.63) is 36.0 Å². The van der Waals surface area contributed by atoms with Crippen LogP contribution in [0.4, 0.5) is 5.69 Å². The smallest absolute Gasteiger partial charge is 0.308 e. The normalized spacial score (nSPS) is 27.5. The average Bonchev–Trinajstić information content (AvgIpc) is 3.03. The number of rotatable bonds is 2. The van der Waals surface area contributed by atoms with Crippen molar-refractivity contribution in [2.75, 3.05) is 4.90 Å². The molecule has 1 N–H and O–H groups in total. The Kier molecular flexibility index (Phi) is 2.67. The molecular formula is C17H18N2O2. The SMILES string of the molecule is Cc1cc(N2C3CCC2C(C(=O)O)C3)c2ccccc2n1. The number of hydrogen-bond acceptors (Lipinski definition) is 3. The van der Waals surface area contributed by atoms with Crippen LogP contribution in [0.15, 0.2) is 30.3 Å². The van der Waals surface area contributed by atoms with Crippen LogP contribution in [0.1, 0.15) is 25.0 Å². The zero-order valence-electron chi connectivity index (χ0n) is 12.0. The summed E-state index contributed by atoms with van der Waals surface area (Å²) >= 11 is 0. The predicted molar refractivity (Wildman–Crippen MR) is 81.5 cm³/mol. The molecule has 3 unspecified atom stereocenters. The van der Waals surface area contributed by atoms with Crippen molar-refractivity contribution >= 4 is 22.6 Å². The fourth-order valence-corrected chi connectivity index (χ4v) is 4.13. The Morgan fingerprint density at radius 3 is 2.90 bits per heavy atom. The zero-order chi connectivity index (χ0) is 14.6. The molecule has 0 aliphatic carbocycles. The van der Waals surface area contributed by atoms with E-state index in [-0.39, 0.29) is 12.0 Å². The van der Waals surface area contributed by atoms with E-state index < -0.39 is 5.97 Å². The van der Waals surface area contributed by atoms with Crippen molar-refractivity contribution in [2.45, 2.75) is 38.3 Å². The summed E-state index contributed by atoms with van der Waals surface area (Å²) in [4.78, 5) is 18.4. The Morgan fingerprint density at radius 2 is 2.14 bits per heavy atom. The fraction of sp³-hybridized carbons (Fsp3) is 0.412. The lowest BCUT2D eigenvalue weighted by Crippen LogP contribution is -2.33. The number of anilines is 1. The maximum Gasteiger partial charge on any atom is 0.308 e. The standard InChI is InChI=1S/C17H18N2O2/c1-10-8-16(12-4-2-3-5-14(12)18-10)19-11-6-7-15(19)13(9-11)17(20)21/h2-5,8,11,13,15H,6-7,9H2,1H3,(H,20,21). The first-order valence-corrected chi connectivity index (χ1v) is 7.52. The Labute approximate surface area is 123 Å². The van der Waals surface area contributed by atoms with Crippen LogP contribution in [0, 0.1) is 12.8 Å². The summed E-state index contributed by atoms with van der Waals surface area (Å²) in [6, 6.07) is 10.7. The minimum atomic E-state index is -0.651. The highest BCUT2D eigenvalue weighted by molar-refractivity contribution is 5.93. The van der Waals surface area contributed by atoms with Gasteiger partial charge in [0.25, 0.3) is 0 Å². The first-order valence-electron chi connectivity index (χ1n) is 7.52. The third kappa shape index (κ3) is 1.82. The molecule has 2 aliphatic rings. The van der Waals surface area contributed by atoms with Gasteiger partial charge in [-0.25, -0.2) is 0 Å². The molecule has 2 fully saturated rings. The minimum absolute atomic E-state index is 0.137. The summed E-state index contributed by atoms with van der Waals surface area (Å²) in [5.41, 5.74) is 3.14. The lowest BCUT2D eigenvalue weighted by Gasteiger charge is -2.27. The van der Waals surface area contributed by atoms with Gasteiger partial charge in [-0.05, 0) is 38.3 Å². The lowest BCUT2D eigenvalue weighted by atomic mass is 9.89. The Hall–Kier alpha value is -2.10. The number of aliphatic carboxylic acids is 1. The van der Waals surface area contributed by atoms with Crippen molar-refractivity contribution in [1.82, 2.24) is 4.98 Å². The number of carboxylic acids is 1. The van der Waals surface area contributed by atoms with Crippen LogP contribution in [0.3, 0.4) is 0 Å². The highest BCUT2D eigenvalue weighted by Gasteiger charge is 2.49. The average molecular weight is 282 g/mol. The molecule has 0 saturated carbocycles. The summed E-state index contributed by atoms with van der Waals surface area (Å²) in [6.07, 6.45) is 2.86. The molecule has 2 bridgehead atoms. The van der Waals surface area contributed by atoms with Crippen LogP contribution in [-0.4, -0.2) is 28.1 Å². The van der Waals surface area contributed by atoms with Crippen molar-refractivity contribution < 1.29 is 9.90 Å². The second kappa shape index (κ2) is 4.45. The van der Waals surface area contributed by atoms with E-state index >= 15 is 0 Å². The molecule has 2 aliphatic heterocycles. The van der Waals surface area contributed by atoms with Gasteiger partial charge in [0.2, 0.25) is 0 Å². The highest BCUT2D eigenvalue weighted by atomic mass is 16.4. The lowest BCUT2D eigenvalue weighted by molar-refractivity contribution is -0.142. The molecule has 2 aromatic rings. The number of fused-ring (bicyclic) bond motifs is 3. The van der Waals surface area contributed by atoms with Gasteiger partial charge in [0, 0.05) is 28.9 Å². The fourth-order valence-electron chi connectivity index (χ4n) is 4.13. The Bertz CT molecular complexity index is 728. The molecule has 0 spiro atoms. The molecule has 1 aromatic carbocycles. The Balaban J connectivity index is 1.86. The topological polar surface area (TPSA) is 53.4 Å². The molecule has 0 amide bonds.